The van der Waals surface area contributed by atoms with Gasteiger partial charge in [0.2, 0.25) is 5.95 Å². The number of pyridine rings is 1. The largest absolute Gasteiger partial charge is 0.228 e. The van der Waals surface area contributed by atoms with Crippen LogP contribution in [0.2, 0.25) is 0 Å². The van der Waals surface area contributed by atoms with Gasteiger partial charge in [0.25, 0.3) is 0 Å². The standard InChI is InChI=1S/C11H16.C9H12FN/c1-9-5-7-10(8-6-9)11(2,3)4;1-9(2,3)7-4-5-8(10)11-6-7/h5-8H,1-4H3;4-6H,1-3H3. The number of hydrogen-bond donors (Lipinski definition) is 0. The van der Waals surface area contributed by atoms with Crippen molar-refractivity contribution in [1.82, 2.24) is 4.98 Å². The summed E-state index contributed by atoms with van der Waals surface area (Å²) in [6, 6.07) is 11.9. The number of aromatic nitrogens is 1. The Bertz CT molecular complexity index is 514. The lowest BCUT2D eigenvalue weighted by Crippen LogP contribution is -2.11. The average molecular weight is 301 g/mol. The molecule has 0 saturated carbocycles. The summed E-state index contributed by atoms with van der Waals surface area (Å²) in [5, 5.41) is 0. The number of hydrogen-bond acceptors (Lipinski definition) is 1. The minimum Gasteiger partial charge on any atom is -0.228 e. The summed E-state index contributed by atoms with van der Waals surface area (Å²) in [6.07, 6.45) is 1.58. The Kier molecular flexibility index (Phi) is 5.87. The number of nitrogens with zero attached hydrogens (tertiary/aromatic N) is 1. The van der Waals surface area contributed by atoms with Gasteiger partial charge in [-0.25, -0.2) is 4.98 Å². The second-order valence-corrected chi connectivity index (χ2v) is 7.74. The lowest BCUT2D eigenvalue weighted by atomic mass is 9.87. The summed E-state index contributed by atoms with van der Waals surface area (Å²) in [5.74, 6) is -0.419. The van der Waals surface area contributed by atoms with Crippen LogP contribution in [0.3, 0.4) is 0 Å². The number of benzene rings is 1. The van der Waals surface area contributed by atoms with E-state index in [0.717, 1.165) is 5.56 Å². The van der Waals surface area contributed by atoms with Crippen molar-refractivity contribution in [3.8, 4) is 0 Å². The molecule has 2 heteroatoms. The molecule has 0 amide bonds. The predicted octanol–water partition coefficient (Wildman–Crippen LogP) is 5.81. The van der Waals surface area contributed by atoms with Gasteiger partial charge in [0.05, 0.1) is 0 Å². The first-order valence-electron chi connectivity index (χ1n) is 7.69. The fraction of sp³-hybridized carbons (Fsp3) is 0.450. The Morgan fingerprint density at radius 2 is 1.18 bits per heavy atom. The molecule has 0 fully saturated rings. The van der Waals surface area contributed by atoms with Crippen LogP contribution in [-0.2, 0) is 10.8 Å². The van der Waals surface area contributed by atoms with Gasteiger partial charge in [-0.1, -0.05) is 77.4 Å². The van der Waals surface area contributed by atoms with Crippen molar-refractivity contribution in [2.75, 3.05) is 0 Å². The Morgan fingerprint density at radius 1 is 0.727 bits per heavy atom. The van der Waals surface area contributed by atoms with Crippen molar-refractivity contribution in [2.45, 2.75) is 59.3 Å². The molecule has 0 aliphatic heterocycles. The van der Waals surface area contributed by atoms with Crippen LogP contribution < -0.4 is 0 Å². The molecule has 2 aromatic rings. The van der Waals surface area contributed by atoms with Gasteiger partial charge in [0.15, 0.2) is 0 Å². The molecule has 0 atom stereocenters. The highest BCUT2D eigenvalue weighted by Gasteiger charge is 2.13. The van der Waals surface area contributed by atoms with Gasteiger partial charge in [0.1, 0.15) is 0 Å². The Labute approximate surface area is 134 Å². The first kappa shape index (κ1) is 18.3. The smallest absolute Gasteiger partial charge is 0.212 e. The van der Waals surface area contributed by atoms with E-state index in [4.69, 9.17) is 0 Å². The zero-order chi connectivity index (χ0) is 17.0. The van der Waals surface area contributed by atoms with Crippen LogP contribution in [-0.4, -0.2) is 4.98 Å². The molecule has 1 aromatic heterocycles. The van der Waals surface area contributed by atoms with E-state index in [1.165, 1.54) is 17.2 Å². The van der Waals surface area contributed by atoms with Crippen LogP contribution in [0.5, 0.6) is 0 Å². The maximum Gasteiger partial charge on any atom is 0.212 e. The molecule has 0 spiro atoms. The summed E-state index contributed by atoms with van der Waals surface area (Å²) >= 11 is 0. The molecule has 1 heterocycles. The van der Waals surface area contributed by atoms with Crippen molar-refractivity contribution in [1.29, 1.82) is 0 Å². The van der Waals surface area contributed by atoms with Crippen LogP contribution in [0.4, 0.5) is 4.39 Å². The van der Waals surface area contributed by atoms with Gasteiger partial charge in [-0.05, 0) is 34.9 Å². The SMILES string of the molecule is CC(C)(C)c1ccc(F)nc1.Cc1ccc(C(C)(C)C)cc1. The average Bonchev–Trinajstić information content (AvgIpc) is 2.38. The van der Waals surface area contributed by atoms with E-state index in [-0.39, 0.29) is 10.8 Å². The van der Waals surface area contributed by atoms with E-state index in [1.54, 1.807) is 12.3 Å². The van der Waals surface area contributed by atoms with Crippen molar-refractivity contribution in [3.05, 3.63) is 65.2 Å². The zero-order valence-corrected chi connectivity index (χ0v) is 14.9. The Hall–Kier alpha value is -1.70. The van der Waals surface area contributed by atoms with Gasteiger partial charge in [0, 0.05) is 6.20 Å². The highest BCUT2D eigenvalue weighted by atomic mass is 19.1. The maximum atomic E-state index is 12.4. The van der Waals surface area contributed by atoms with Gasteiger partial charge in [-0.2, -0.15) is 4.39 Å². The van der Waals surface area contributed by atoms with Gasteiger partial charge < -0.3 is 0 Å². The zero-order valence-electron chi connectivity index (χ0n) is 14.9. The van der Waals surface area contributed by atoms with Crippen LogP contribution in [0, 0.1) is 12.9 Å². The van der Waals surface area contributed by atoms with Crippen molar-refractivity contribution in [2.24, 2.45) is 0 Å². The number of rotatable bonds is 0. The summed E-state index contributed by atoms with van der Waals surface area (Å²) < 4.78 is 12.4. The molecule has 22 heavy (non-hydrogen) atoms. The first-order chi connectivity index (χ1) is 10.00. The molecule has 0 bridgehead atoms. The molecule has 2 rings (SSSR count). The van der Waals surface area contributed by atoms with E-state index < -0.39 is 5.95 Å². The Balaban J connectivity index is 0.000000220. The number of halogens is 1. The lowest BCUT2D eigenvalue weighted by Gasteiger charge is -2.18. The highest BCUT2D eigenvalue weighted by molar-refractivity contribution is 5.26. The van der Waals surface area contributed by atoms with Crippen LogP contribution >= 0.6 is 0 Å². The maximum absolute atomic E-state index is 12.4. The topological polar surface area (TPSA) is 12.9 Å². The van der Waals surface area contributed by atoms with Gasteiger partial charge in [-0.15, -0.1) is 0 Å². The minimum atomic E-state index is -0.419. The summed E-state index contributed by atoms with van der Waals surface area (Å²) in [5.41, 5.74) is 4.13. The predicted molar refractivity (Wildman–Crippen MR) is 92.8 cm³/mol. The number of aryl methyl sites for hydroxylation is 1. The summed E-state index contributed by atoms with van der Waals surface area (Å²) in [7, 11) is 0. The lowest BCUT2D eigenvalue weighted by molar-refractivity contribution is 0.559. The normalized spacial score (nSPS) is 11.6. The Morgan fingerprint density at radius 3 is 1.55 bits per heavy atom. The van der Waals surface area contributed by atoms with Crippen LogP contribution in [0.15, 0.2) is 42.6 Å². The van der Waals surface area contributed by atoms with Crippen molar-refractivity contribution >= 4 is 0 Å². The molecule has 0 aliphatic carbocycles. The first-order valence-corrected chi connectivity index (χ1v) is 7.69. The quantitative estimate of drug-likeness (QED) is 0.559. The van der Waals surface area contributed by atoms with E-state index in [0.29, 0.717) is 0 Å². The van der Waals surface area contributed by atoms with E-state index in [2.05, 4.69) is 77.7 Å². The van der Waals surface area contributed by atoms with Gasteiger partial charge >= 0.3 is 0 Å². The molecular weight excluding hydrogens is 273 g/mol. The molecular formula is C20H28FN. The molecule has 0 saturated heterocycles. The molecule has 1 nitrogen and oxygen atoms in total. The molecule has 0 N–H and O–H groups in total. The van der Waals surface area contributed by atoms with E-state index >= 15 is 0 Å². The second kappa shape index (κ2) is 7.04. The van der Waals surface area contributed by atoms with E-state index in [1.807, 2.05) is 0 Å². The fourth-order valence-electron chi connectivity index (χ4n) is 1.87. The molecule has 0 radical (unpaired) electrons. The molecule has 0 unspecified atom stereocenters. The summed E-state index contributed by atoms with van der Waals surface area (Å²) in [6.45, 7) is 15.0. The van der Waals surface area contributed by atoms with E-state index in [9.17, 15) is 4.39 Å². The third-order valence-corrected chi connectivity index (χ3v) is 3.51. The molecule has 120 valence electrons. The van der Waals surface area contributed by atoms with Crippen molar-refractivity contribution < 1.29 is 4.39 Å². The third kappa shape index (κ3) is 5.97. The van der Waals surface area contributed by atoms with Crippen LogP contribution in [0.25, 0.3) is 0 Å². The van der Waals surface area contributed by atoms with Crippen LogP contribution in [0.1, 0.15) is 58.2 Å². The van der Waals surface area contributed by atoms with Gasteiger partial charge in [-0.3, -0.25) is 0 Å². The monoisotopic (exact) mass is 301 g/mol. The second-order valence-electron chi connectivity index (χ2n) is 7.74. The minimum absolute atomic E-state index is 0.0562. The molecule has 0 aliphatic rings. The fourth-order valence-corrected chi connectivity index (χ4v) is 1.87. The molecule has 1 aromatic carbocycles. The summed E-state index contributed by atoms with van der Waals surface area (Å²) in [4.78, 5) is 3.58. The third-order valence-electron chi connectivity index (χ3n) is 3.51. The highest BCUT2D eigenvalue weighted by Crippen LogP contribution is 2.22. The van der Waals surface area contributed by atoms with Crippen molar-refractivity contribution in [3.63, 3.8) is 0 Å².